The van der Waals surface area contributed by atoms with Crippen molar-refractivity contribution in [3.8, 4) is 0 Å². The zero-order valence-electron chi connectivity index (χ0n) is 16.8. The van der Waals surface area contributed by atoms with E-state index in [4.69, 9.17) is 5.73 Å². The Morgan fingerprint density at radius 2 is 1.52 bits per heavy atom. The average Bonchev–Trinajstić information content (AvgIpc) is 2.75. The first-order valence-electron chi connectivity index (χ1n) is 10.3. The van der Waals surface area contributed by atoms with Crippen molar-refractivity contribution in [1.82, 2.24) is 10.2 Å². The second-order valence-corrected chi connectivity index (χ2v) is 7.33. The summed E-state index contributed by atoms with van der Waals surface area (Å²) in [7, 11) is 0. The molecular weight excluding hydrogens is 362 g/mol. The number of hydrogen-bond acceptors (Lipinski definition) is 5. The lowest BCUT2D eigenvalue weighted by Crippen LogP contribution is -2.29. The van der Waals surface area contributed by atoms with Crippen LogP contribution in [0, 0.1) is 0 Å². The monoisotopic (exact) mass is 391 g/mol. The third-order valence-electron chi connectivity index (χ3n) is 5.10. The number of nitrogens with two attached hydrogens (primary N) is 1. The number of carbonyl (C=O) groups is 2. The van der Waals surface area contributed by atoms with E-state index < -0.39 is 0 Å². The van der Waals surface area contributed by atoms with Gasteiger partial charge in [0.1, 0.15) is 0 Å². The number of allylic oxidation sites excluding steroid dienone is 2. The molecule has 0 saturated carbocycles. The maximum absolute atomic E-state index is 12.6. The molecule has 29 heavy (non-hydrogen) atoms. The van der Waals surface area contributed by atoms with E-state index in [1.807, 2.05) is 6.07 Å². The zero-order chi connectivity index (χ0) is 20.5. The summed E-state index contributed by atoms with van der Waals surface area (Å²) >= 11 is 0. The number of nitrogens with zero attached hydrogens (tertiary/aromatic N) is 1. The Hall–Kier alpha value is -2.76. The SMILES string of the molecule is NCCCN(CCCCNC1=CC(=O)c2ccccc2C1=O)Cc1ccccc1. The van der Waals surface area contributed by atoms with Crippen LogP contribution in [0.4, 0.5) is 0 Å². The smallest absolute Gasteiger partial charge is 0.209 e. The van der Waals surface area contributed by atoms with Crippen LogP contribution in [-0.2, 0) is 6.54 Å². The van der Waals surface area contributed by atoms with Crippen LogP contribution in [-0.4, -0.2) is 42.6 Å². The molecular formula is C24H29N3O2. The molecule has 3 rings (SSSR count). The van der Waals surface area contributed by atoms with E-state index in [0.717, 1.165) is 38.9 Å². The van der Waals surface area contributed by atoms with Gasteiger partial charge in [-0.3, -0.25) is 14.5 Å². The maximum atomic E-state index is 12.6. The highest BCUT2D eigenvalue weighted by atomic mass is 16.1. The minimum atomic E-state index is -0.112. The molecule has 0 radical (unpaired) electrons. The third-order valence-corrected chi connectivity index (χ3v) is 5.10. The molecule has 0 heterocycles. The van der Waals surface area contributed by atoms with E-state index in [0.29, 0.717) is 29.9 Å². The molecule has 0 aromatic heterocycles. The lowest BCUT2D eigenvalue weighted by atomic mass is 9.93. The molecule has 5 nitrogen and oxygen atoms in total. The summed E-state index contributed by atoms with van der Waals surface area (Å²) in [6.07, 6.45) is 4.34. The van der Waals surface area contributed by atoms with E-state index >= 15 is 0 Å². The number of nitrogens with one attached hydrogen (secondary N) is 1. The average molecular weight is 392 g/mol. The Morgan fingerprint density at radius 1 is 0.828 bits per heavy atom. The van der Waals surface area contributed by atoms with Crippen molar-refractivity contribution >= 4 is 11.6 Å². The van der Waals surface area contributed by atoms with Gasteiger partial charge >= 0.3 is 0 Å². The summed E-state index contributed by atoms with van der Waals surface area (Å²) in [5.41, 5.74) is 8.36. The number of Topliss-reactive ketones (excluding diaryl/α,β-unsaturated/α-hetero) is 1. The second kappa shape index (κ2) is 10.7. The van der Waals surface area contributed by atoms with Crippen molar-refractivity contribution in [1.29, 1.82) is 0 Å². The van der Waals surface area contributed by atoms with Crippen LogP contribution in [0.2, 0.25) is 0 Å². The number of fused-ring (bicyclic) bond motifs is 1. The molecule has 0 spiro atoms. The van der Waals surface area contributed by atoms with Gasteiger partial charge in [-0.15, -0.1) is 0 Å². The molecule has 0 aliphatic heterocycles. The first kappa shape index (κ1) is 21.0. The van der Waals surface area contributed by atoms with Crippen molar-refractivity contribution in [3.05, 3.63) is 83.1 Å². The Labute approximate surface area is 172 Å². The van der Waals surface area contributed by atoms with Crippen molar-refractivity contribution in [2.75, 3.05) is 26.2 Å². The van der Waals surface area contributed by atoms with Crippen LogP contribution in [0.1, 0.15) is 45.5 Å². The summed E-state index contributed by atoms with van der Waals surface area (Å²) in [6.45, 7) is 4.24. The molecule has 1 aliphatic carbocycles. The van der Waals surface area contributed by atoms with Gasteiger partial charge in [0.05, 0.1) is 5.70 Å². The van der Waals surface area contributed by atoms with Gasteiger partial charge in [0, 0.05) is 30.3 Å². The molecule has 5 heteroatoms. The van der Waals surface area contributed by atoms with Gasteiger partial charge < -0.3 is 11.1 Å². The Morgan fingerprint density at radius 3 is 2.28 bits per heavy atom. The van der Waals surface area contributed by atoms with Crippen LogP contribution >= 0.6 is 0 Å². The number of benzene rings is 2. The number of rotatable bonds is 11. The normalized spacial score (nSPS) is 13.4. The van der Waals surface area contributed by atoms with Crippen molar-refractivity contribution in [3.63, 3.8) is 0 Å². The van der Waals surface area contributed by atoms with Crippen molar-refractivity contribution < 1.29 is 9.59 Å². The molecule has 0 unspecified atom stereocenters. The van der Waals surface area contributed by atoms with Crippen molar-refractivity contribution in [2.45, 2.75) is 25.8 Å². The van der Waals surface area contributed by atoms with E-state index in [2.05, 4.69) is 34.5 Å². The van der Waals surface area contributed by atoms with E-state index in [1.165, 1.54) is 11.6 Å². The van der Waals surface area contributed by atoms with E-state index in [9.17, 15) is 9.59 Å². The molecule has 0 saturated heterocycles. The molecule has 1 aliphatic rings. The van der Waals surface area contributed by atoms with Gasteiger partial charge in [-0.1, -0.05) is 54.6 Å². The number of unbranched alkanes of at least 4 members (excludes halogenated alkanes) is 1. The van der Waals surface area contributed by atoms with Crippen LogP contribution in [0.15, 0.2) is 66.4 Å². The Bertz CT molecular complexity index is 861. The standard InChI is InChI=1S/C24H29N3O2/c25-13-8-16-27(18-19-9-2-1-3-10-19)15-7-6-14-26-22-17-23(28)20-11-4-5-12-21(20)24(22)29/h1-5,9-12,17,26H,6-8,13-16,18,25H2. The Kier molecular flexibility index (Phi) is 7.73. The summed E-state index contributed by atoms with van der Waals surface area (Å²) in [5, 5.41) is 3.16. The first-order valence-corrected chi connectivity index (χ1v) is 10.3. The minimum Gasteiger partial charge on any atom is -0.382 e. The van der Waals surface area contributed by atoms with Crippen LogP contribution in [0.25, 0.3) is 0 Å². The molecule has 0 atom stereocenters. The summed E-state index contributed by atoms with van der Waals surface area (Å²) < 4.78 is 0. The summed E-state index contributed by atoms with van der Waals surface area (Å²) in [5.74, 6) is -0.215. The first-order chi connectivity index (χ1) is 14.2. The number of hydrogen-bond donors (Lipinski definition) is 2. The topological polar surface area (TPSA) is 75.4 Å². The highest BCUT2D eigenvalue weighted by molar-refractivity contribution is 6.24. The molecule has 0 fully saturated rings. The molecule has 0 bridgehead atoms. The molecule has 152 valence electrons. The lowest BCUT2D eigenvalue weighted by molar-refractivity contribution is 0.0978. The van der Waals surface area contributed by atoms with Gasteiger partial charge in [-0.2, -0.15) is 0 Å². The fourth-order valence-corrected chi connectivity index (χ4v) is 3.56. The molecule has 3 N–H and O–H groups in total. The number of ketones is 2. The highest BCUT2D eigenvalue weighted by Gasteiger charge is 2.24. The highest BCUT2D eigenvalue weighted by Crippen LogP contribution is 2.19. The summed E-state index contributed by atoms with van der Waals surface area (Å²) in [6, 6.07) is 17.4. The largest absolute Gasteiger partial charge is 0.382 e. The van der Waals surface area contributed by atoms with Gasteiger partial charge in [0.2, 0.25) is 5.78 Å². The van der Waals surface area contributed by atoms with Gasteiger partial charge in [0.25, 0.3) is 0 Å². The fourth-order valence-electron chi connectivity index (χ4n) is 3.56. The maximum Gasteiger partial charge on any atom is 0.209 e. The fraction of sp³-hybridized carbons (Fsp3) is 0.333. The molecule has 2 aromatic carbocycles. The van der Waals surface area contributed by atoms with Gasteiger partial charge in [-0.05, 0) is 44.5 Å². The van der Waals surface area contributed by atoms with Gasteiger partial charge in [0.15, 0.2) is 5.78 Å². The third kappa shape index (κ3) is 5.86. The lowest BCUT2D eigenvalue weighted by Gasteiger charge is -2.22. The van der Waals surface area contributed by atoms with E-state index in [-0.39, 0.29) is 11.6 Å². The van der Waals surface area contributed by atoms with E-state index in [1.54, 1.807) is 24.3 Å². The number of carbonyl (C=O) groups excluding carboxylic acids is 2. The van der Waals surface area contributed by atoms with Crippen LogP contribution < -0.4 is 11.1 Å². The van der Waals surface area contributed by atoms with Crippen molar-refractivity contribution in [2.24, 2.45) is 5.73 Å². The second-order valence-electron chi connectivity index (χ2n) is 7.33. The van der Waals surface area contributed by atoms with Gasteiger partial charge in [-0.25, -0.2) is 0 Å². The molecule has 2 aromatic rings. The quantitative estimate of drug-likeness (QED) is 0.576. The zero-order valence-corrected chi connectivity index (χ0v) is 16.8. The minimum absolute atomic E-state index is 0.103. The Balaban J connectivity index is 1.45. The van der Waals surface area contributed by atoms with Crippen LogP contribution in [0.5, 0.6) is 0 Å². The van der Waals surface area contributed by atoms with Crippen LogP contribution in [0.3, 0.4) is 0 Å². The molecule has 0 amide bonds. The predicted molar refractivity (Wildman–Crippen MR) is 116 cm³/mol. The predicted octanol–water partition coefficient (Wildman–Crippen LogP) is 3.17. The summed E-state index contributed by atoms with van der Waals surface area (Å²) in [4.78, 5) is 27.2.